The van der Waals surface area contributed by atoms with E-state index in [1.807, 2.05) is 0 Å². The molecule has 1 heterocycles. The third-order valence-corrected chi connectivity index (χ3v) is 4.57. The summed E-state index contributed by atoms with van der Waals surface area (Å²) in [5.41, 5.74) is 6.34. The van der Waals surface area contributed by atoms with Crippen LogP contribution in [0.15, 0.2) is 23.1 Å². The molecule has 0 bridgehead atoms. The summed E-state index contributed by atoms with van der Waals surface area (Å²) in [5, 5.41) is 6.48. The molecule has 0 saturated heterocycles. The molecule has 0 saturated carbocycles. The van der Waals surface area contributed by atoms with Crippen molar-refractivity contribution >= 4 is 44.7 Å². The monoisotopic (exact) mass is 320 g/mol. The Kier molecular flexibility index (Phi) is 3.62. The molecule has 4 N–H and O–H groups in total. The zero-order valence-electron chi connectivity index (χ0n) is 9.74. The van der Waals surface area contributed by atoms with E-state index < -0.39 is 10.0 Å². The van der Waals surface area contributed by atoms with Crippen molar-refractivity contribution in [3.8, 4) is 0 Å². The molecule has 0 aliphatic heterocycles. The van der Waals surface area contributed by atoms with Crippen LogP contribution in [0.1, 0.15) is 5.69 Å². The number of benzene rings is 1. The van der Waals surface area contributed by atoms with Gasteiger partial charge in [0.2, 0.25) is 0 Å². The highest BCUT2D eigenvalue weighted by Crippen LogP contribution is 2.33. The van der Waals surface area contributed by atoms with E-state index in [1.54, 1.807) is 13.0 Å². The number of halogens is 2. The van der Waals surface area contributed by atoms with Crippen LogP contribution in [0.5, 0.6) is 0 Å². The predicted molar refractivity (Wildman–Crippen MR) is 75.0 cm³/mol. The minimum atomic E-state index is -3.87. The SMILES string of the molecule is Cc1cc(NS(=O)(=O)c2ccc(Cl)c(N)c2Cl)n[nH]1. The Labute approximate surface area is 120 Å². The first-order valence-corrected chi connectivity index (χ1v) is 7.33. The molecule has 19 heavy (non-hydrogen) atoms. The van der Waals surface area contributed by atoms with Crippen molar-refractivity contribution < 1.29 is 8.42 Å². The lowest BCUT2D eigenvalue weighted by Crippen LogP contribution is -2.14. The van der Waals surface area contributed by atoms with Crippen LogP contribution >= 0.6 is 23.2 Å². The van der Waals surface area contributed by atoms with Crippen molar-refractivity contribution in [1.29, 1.82) is 0 Å². The van der Waals surface area contributed by atoms with Gasteiger partial charge in [0.25, 0.3) is 10.0 Å². The van der Waals surface area contributed by atoms with Crippen molar-refractivity contribution in [3.05, 3.63) is 33.9 Å². The van der Waals surface area contributed by atoms with E-state index in [1.165, 1.54) is 12.1 Å². The van der Waals surface area contributed by atoms with E-state index in [2.05, 4.69) is 14.9 Å². The van der Waals surface area contributed by atoms with Gasteiger partial charge in [-0.15, -0.1) is 0 Å². The molecule has 2 rings (SSSR count). The highest BCUT2D eigenvalue weighted by atomic mass is 35.5. The first kappa shape index (κ1) is 14.0. The van der Waals surface area contributed by atoms with Crippen LogP contribution in [0, 0.1) is 6.92 Å². The van der Waals surface area contributed by atoms with Crippen molar-refractivity contribution in [1.82, 2.24) is 10.2 Å². The summed E-state index contributed by atoms with van der Waals surface area (Å²) < 4.78 is 26.6. The minimum absolute atomic E-state index is 0.0180. The topological polar surface area (TPSA) is 101 Å². The van der Waals surface area contributed by atoms with Crippen LogP contribution in [0.25, 0.3) is 0 Å². The first-order valence-electron chi connectivity index (χ1n) is 5.09. The molecule has 9 heteroatoms. The van der Waals surface area contributed by atoms with E-state index in [4.69, 9.17) is 28.9 Å². The van der Waals surface area contributed by atoms with Gasteiger partial charge in [-0.2, -0.15) is 5.10 Å². The second kappa shape index (κ2) is 4.92. The van der Waals surface area contributed by atoms with Gasteiger partial charge >= 0.3 is 0 Å². The smallest absolute Gasteiger partial charge is 0.264 e. The van der Waals surface area contributed by atoms with E-state index in [0.717, 1.165) is 5.69 Å². The molecule has 0 unspecified atom stereocenters. The van der Waals surface area contributed by atoms with Crippen molar-refractivity contribution in [2.45, 2.75) is 11.8 Å². The number of anilines is 2. The zero-order valence-corrected chi connectivity index (χ0v) is 12.1. The number of nitrogens with two attached hydrogens (primary N) is 1. The first-order chi connectivity index (χ1) is 8.81. The summed E-state index contributed by atoms with van der Waals surface area (Å²) in [7, 11) is -3.87. The zero-order chi connectivity index (χ0) is 14.2. The predicted octanol–water partition coefficient (Wildman–Crippen LogP) is 2.41. The molecule has 2 aromatic rings. The Morgan fingerprint density at radius 3 is 2.63 bits per heavy atom. The summed E-state index contributed by atoms with van der Waals surface area (Å²) in [6.07, 6.45) is 0. The quantitative estimate of drug-likeness (QED) is 0.756. The van der Waals surface area contributed by atoms with Crippen LogP contribution in [0.3, 0.4) is 0 Å². The maximum absolute atomic E-state index is 12.1. The standard InChI is InChI=1S/C10H10Cl2N4O2S/c1-5-4-8(15-14-5)16-19(17,18)7-3-2-6(11)10(13)9(7)12/h2-4H,13H2,1H3,(H2,14,15,16). The number of aryl methyl sites for hydroxylation is 1. The van der Waals surface area contributed by atoms with Crippen LogP contribution < -0.4 is 10.5 Å². The lowest BCUT2D eigenvalue weighted by molar-refractivity contribution is 0.601. The van der Waals surface area contributed by atoms with Crippen LogP contribution in [0.4, 0.5) is 11.5 Å². The van der Waals surface area contributed by atoms with Gasteiger partial charge in [0, 0.05) is 11.8 Å². The number of aromatic nitrogens is 2. The molecular weight excluding hydrogens is 311 g/mol. The van der Waals surface area contributed by atoms with Gasteiger partial charge in [-0.05, 0) is 19.1 Å². The van der Waals surface area contributed by atoms with Gasteiger partial charge < -0.3 is 5.73 Å². The number of hydrogen-bond donors (Lipinski definition) is 3. The second-order valence-electron chi connectivity index (χ2n) is 3.81. The highest BCUT2D eigenvalue weighted by Gasteiger charge is 2.21. The van der Waals surface area contributed by atoms with Gasteiger partial charge in [-0.3, -0.25) is 9.82 Å². The Hall–Kier alpha value is -1.44. The average molecular weight is 321 g/mol. The molecule has 1 aromatic heterocycles. The number of hydrogen-bond acceptors (Lipinski definition) is 4. The van der Waals surface area contributed by atoms with Crippen LogP contribution in [-0.4, -0.2) is 18.6 Å². The second-order valence-corrected chi connectivity index (χ2v) is 6.25. The summed E-state index contributed by atoms with van der Waals surface area (Å²) >= 11 is 11.7. The normalized spacial score (nSPS) is 11.5. The lowest BCUT2D eigenvalue weighted by Gasteiger charge is -2.09. The third kappa shape index (κ3) is 2.78. The summed E-state index contributed by atoms with van der Waals surface area (Å²) in [6, 6.07) is 4.20. The number of aromatic amines is 1. The number of rotatable bonds is 3. The fourth-order valence-electron chi connectivity index (χ4n) is 1.42. The van der Waals surface area contributed by atoms with Gasteiger partial charge in [-0.25, -0.2) is 8.42 Å². The maximum atomic E-state index is 12.1. The Morgan fingerprint density at radius 1 is 1.37 bits per heavy atom. The van der Waals surface area contributed by atoms with Gasteiger partial charge in [0.1, 0.15) is 4.90 Å². The van der Waals surface area contributed by atoms with Gasteiger partial charge in [0.05, 0.1) is 15.7 Å². The van der Waals surface area contributed by atoms with Gasteiger partial charge in [0.15, 0.2) is 5.82 Å². The number of nitrogens with one attached hydrogen (secondary N) is 2. The van der Waals surface area contributed by atoms with E-state index in [0.29, 0.717) is 0 Å². The molecule has 0 radical (unpaired) electrons. The molecule has 0 atom stereocenters. The minimum Gasteiger partial charge on any atom is -0.396 e. The summed E-state index contributed by atoms with van der Waals surface area (Å²) in [6.45, 7) is 1.75. The van der Waals surface area contributed by atoms with E-state index in [9.17, 15) is 8.42 Å². The van der Waals surface area contributed by atoms with Crippen LogP contribution in [0.2, 0.25) is 10.0 Å². The molecule has 0 amide bonds. The molecule has 6 nitrogen and oxygen atoms in total. The average Bonchev–Trinajstić information content (AvgIpc) is 2.70. The number of nitrogen functional groups attached to an aromatic ring is 1. The molecule has 0 aliphatic carbocycles. The van der Waals surface area contributed by atoms with E-state index >= 15 is 0 Å². The molecule has 1 aromatic carbocycles. The maximum Gasteiger partial charge on any atom is 0.264 e. The number of nitrogens with zero attached hydrogens (tertiary/aromatic N) is 1. The largest absolute Gasteiger partial charge is 0.396 e. The van der Waals surface area contributed by atoms with Crippen molar-refractivity contribution in [2.24, 2.45) is 0 Å². The van der Waals surface area contributed by atoms with Crippen molar-refractivity contribution in [3.63, 3.8) is 0 Å². The molecule has 0 aliphatic rings. The van der Waals surface area contributed by atoms with E-state index in [-0.39, 0.29) is 26.4 Å². The molecule has 0 spiro atoms. The Bertz CT molecular complexity index is 727. The molecule has 102 valence electrons. The van der Waals surface area contributed by atoms with Crippen LogP contribution in [-0.2, 0) is 10.0 Å². The fraction of sp³-hybridized carbons (Fsp3) is 0.100. The Balaban J connectivity index is 2.43. The summed E-state index contributed by atoms with van der Waals surface area (Å²) in [5.74, 6) is 0.169. The lowest BCUT2D eigenvalue weighted by atomic mass is 10.3. The Morgan fingerprint density at radius 2 is 2.05 bits per heavy atom. The number of sulfonamides is 1. The van der Waals surface area contributed by atoms with Gasteiger partial charge in [-0.1, -0.05) is 23.2 Å². The fourth-order valence-corrected chi connectivity index (χ4v) is 3.18. The van der Waals surface area contributed by atoms with Crippen molar-refractivity contribution in [2.75, 3.05) is 10.5 Å². The highest BCUT2D eigenvalue weighted by molar-refractivity contribution is 7.92. The molecular formula is C10H10Cl2N4O2S. The number of H-pyrrole nitrogens is 1. The molecule has 0 fully saturated rings. The summed E-state index contributed by atoms with van der Waals surface area (Å²) in [4.78, 5) is -0.156. The third-order valence-electron chi connectivity index (χ3n) is 2.33.